The van der Waals surface area contributed by atoms with Crippen molar-refractivity contribution in [2.75, 3.05) is 50.3 Å². The van der Waals surface area contributed by atoms with Gasteiger partial charge in [0.2, 0.25) is 5.95 Å². The highest BCUT2D eigenvalue weighted by Crippen LogP contribution is 2.41. The fourth-order valence-electron chi connectivity index (χ4n) is 3.67. The number of hydrogen-bond donors (Lipinski definition) is 2. The molecule has 3 aromatic rings. The highest BCUT2D eigenvalue weighted by Gasteiger charge is 2.19. The van der Waals surface area contributed by atoms with Gasteiger partial charge in [0.25, 0.3) is 0 Å². The van der Waals surface area contributed by atoms with Gasteiger partial charge < -0.3 is 24.2 Å². The van der Waals surface area contributed by atoms with Gasteiger partial charge in [0.15, 0.2) is 23.2 Å². The second-order valence-electron chi connectivity index (χ2n) is 8.09. The number of nitrogens with zero attached hydrogens (tertiary/aromatic N) is 4. The molecule has 1 aliphatic heterocycles. The average Bonchev–Trinajstić information content (AvgIpc) is 2.93. The topological polar surface area (TPSA) is 118 Å². The molecule has 0 aliphatic carbocycles. The summed E-state index contributed by atoms with van der Waals surface area (Å²) < 4.78 is 30.8. The number of ether oxygens (including phenoxy) is 3. The van der Waals surface area contributed by atoms with Crippen LogP contribution >= 0.6 is 27.5 Å². The van der Waals surface area contributed by atoms with Gasteiger partial charge in [-0.3, -0.25) is 4.79 Å². The summed E-state index contributed by atoms with van der Waals surface area (Å²) in [4.78, 5) is 22.3. The molecule has 0 saturated carbocycles. The predicted molar refractivity (Wildman–Crippen MR) is 144 cm³/mol. The number of carbonyl (C=O) groups excluding carboxylic acids is 1. The van der Waals surface area contributed by atoms with Crippen molar-refractivity contribution in [3.63, 3.8) is 0 Å². The van der Waals surface area contributed by atoms with Gasteiger partial charge in [0.1, 0.15) is 23.1 Å². The van der Waals surface area contributed by atoms with Gasteiger partial charge in [0.05, 0.1) is 37.2 Å². The summed E-state index contributed by atoms with van der Waals surface area (Å²) in [6.45, 7) is 1.72. The molecule has 0 atom stereocenters. The van der Waals surface area contributed by atoms with Crippen LogP contribution in [0.5, 0.6) is 17.2 Å². The Morgan fingerprint density at radius 2 is 2.13 bits per heavy atom. The third-order valence-corrected chi connectivity index (χ3v) is 6.48. The largest absolute Gasteiger partial charge is 0.506 e. The number of anilines is 2. The number of hydrazone groups is 1. The van der Waals surface area contributed by atoms with Crippen molar-refractivity contribution < 1.29 is 28.5 Å². The molecule has 0 amide bonds. The molecular formula is C25H24BrClFN5O5. The standard InChI is InChI=1S/C25H24BrClFN5O5/c1-36-20-5-3-2-4-15(20)10-17(34)14-38-23-18(26)11-16(22(35)21(23)27)12-30-32-25-29-13-19(28)24(31-25)33-6-8-37-9-7-33/h2-5,11-13,35H,6-10,14H2,1H3,(H,29,31,32)/b30-12+. The Morgan fingerprint density at radius 1 is 1.37 bits per heavy atom. The maximum absolute atomic E-state index is 14.2. The Bertz CT molecular complexity index is 1340. The number of aromatic nitrogens is 2. The first-order valence-electron chi connectivity index (χ1n) is 11.5. The fraction of sp³-hybridized carbons (Fsp3) is 0.280. The Kier molecular flexibility index (Phi) is 9.32. The summed E-state index contributed by atoms with van der Waals surface area (Å²) in [5, 5.41) is 14.5. The summed E-state index contributed by atoms with van der Waals surface area (Å²) in [5.74, 6) is -0.118. The number of phenolic OH excluding ortho intramolecular Hbond substituents is 1. The molecule has 200 valence electrons. The Morgan fingerprint density at radius 3 is 2.89 bits per heavy atom. The first kappa shape index (κ1) is 27.6. The Balaban J connectivity index is 1.40. The summed E-state index contributed by atoms with van der Waals surface area (Å²) >= 11 is 9.67. The summed E-state index contributed by atoms with van der Waals surface area (Å²) in [6.07, 6.45) is 2.46. The lowest BCUT2D eigenvalue weighted by Gasteiger charge is -2.27. The highest BCUT2D eigenvalue weighted by molar-refractivity contribution is 9.10. The van der Waals surface area contributed by atoms with E-state index in [4.69, 9.17) is 25.8 Å². The van der Waals surface area contributed by atoms with E-state index in [1.54, 1.807) is 17.0 Å². The average molecular weight is 609 g/mol. The van der Waals surface area contributed by atoms with E-state index < -0.39 is 5.82 Å². The number of nitrogens with one attached hydrogen (secondary N) is 1. The van der Waals surface area contributed by atoms with E-state index in [0.29, 0.717) is 36.5 Å². The van der Waals surface area contributed by atoms with Gasteiger partial charge in [-0.15, -0.1) is 0 Å². The maximum atomic E-state index is 14.2. The minimum absolute atomic E-state index is 0.0716. The van der Waals surface area contributed by atoms with Crippen LogP contribution in [-0.4, -0.2) is 67.1 Å². The highest BCUT2D eigenvalue weighted by atomic mass is 79.9. The number of Topliss-reactive ketones (excluding diaryl/α,β-unsaturated/α-hetero) is 1. The van der Waals surface area contributed by atoms with Gasteiger partial charge in [-0.2, -0.15) is 10.1 Å². The molecule has 2 heterocycles. The number of ketones is 1. The van der Waals surface area contributed by atoms with Crippen LogP contribution in [-0.2, 0) is 16.0 Å². The monoisotopic (exact) mass is 607 g/mol. The number of methoxy groups -OCH3 is 1. The molecule has 1 fully saturated rings. The molecule has 13 heteroatoms. The first-order valence-corrected chi connectivity index (χ1v) is 12.7. The minimum Gasteiger partial charge on any atom is -0.506 e. The van der Waals surface area contributed by atoms with E-state index in [9.17, 15) is 14.3 Å². The van der Waals surface area contributed by atoms with Crippen molar-refractivity contribution in [3.05, 3.63) is 63.0 Å². The lowest BCUT2D eigenvalue weighted by Crippen LogP contribution is -2.37. The van der Waals surface area contributed by atoms with E-state index in [1.807, 2.05) is 12.1 Å². The Labute approximate surface area is 231 Å². The molecular weight excluding hydrogens is 585 g/mol. The second kappa shape index (κ2) is 12.9. The number of aromatic hydroxyl groups is 1. The number of benzene rings is 2. The van der Waals surface area contributed by atoms with Crippen molar-refractivity contribution in [2.24, 2.45) is 5.10 Å². The molecule has 4 rings (SSSR count). The molecule has 1 aliphatic rings. The maximum Gasteiger partial charge on any atom is 0.245 e. The van der Waals surface area contributed by atoms with Gasteiger partial charge in [-0.25, -0.2) is 14.8 Å². The molecule has 2 N–H and O–H groups in total. The molecule has 38 heavy (non-hydrogen) atoms. The lowest BCUT2D eigenvalue weighted by atomic mass is 10.1. The number of phenols is 1. The summed E-state index contributed by atoms with van der Waals surface area (Å²) in [5.41, 5.74) is 3.60. The molecule has 0 spiro atoms. The zero-order valence-electron chi connectivity index (χ0n) is 20.3. The quantitative estimate of drug-likeness (QED) is 0.258. The van der Waals surface area contributed by atoms with Crippen LogP contribution in [0.3, 0.4) is 0 Å². The molecule has 0 bridgehead atoms. The molecule has 0 unspecified atom stereocenters. The van der Waals surface area contributed by atoms with Crippen molar-refractivity contribution in [1.29, 1.82) is 0 Å². The lowest BCUT2D eigenvalue weighted by molar-refractivity contribution is -0.120. The minimum atomic E-state index is -0.549. The third-order valence-electron chi connectivity index (χ3n) is 5.54. The number of carbonyl (C=O) groups is 1. The molecule has 2 aromatic carbocycles. The zero-order valence-corrected chi connectivity index (χ0v) is 22.6. The normalized spacial score (nSPS) is 13.5. The molecule has 1 aromatic heterocycles. The Hall–Kier alpha value is -3.48. The molecule has 1 saturated heterocycles. The van der Waals surface area contributed by atoms with Gasteiger partial charge in [-0.05, 0) is 28.1 Å². The number of para-hydroxylation sites is 1. The van der Waals surface area contributed by atoms with Crippen LogP contribution in [0.4, 0.5) is 16.2 Å². The third kappa shape index (κ3) is 6.69. The van der Waals surface area contributed by atoms with E-state index in [2.05, 4.69) is 36.4 Å². The first-order chi connectivity index (χ1) is 18.4. The van der Waals surface area contributed by atoms with Gasteiger partial charge >= 0.3 is 0 Å². The van der Waals surface area contributed by atoms with Crippen molar-refractivity contribution in [3.8, 4) is 17.2 Å². The van der Waals surface area contributed by atoms with E-state index in [-0.39, 0.29) is 52.7 Å². The summed E-state index contributed by atoms with van der Waals surface area (Å²) in [7, 11) is 1.54. The van der Waals surface area contributed by atoms with E-state index in [0.717, 1.165) is 11.8 Å². The predicted octanol–water partition coefficient (Wildman–Crippen LogP) is 4.22. The van der Waals surface area contributed by atoms with Crippen LogP contribution in [0.2, 0.25) is 5.02 Å². The fourth-order valence-corrected chi connectivity index (χ4v) is 4.61. The van der Waals surface area contributed by atoms with Crippen LogP contribution in [0.1, 0.15) is 11.1 Å². The van der Waals surface area contributed by atoms with Crippen molar-refractivity contribution in [2.45, 2.75) is 6.42 Å². The van der Waals surface area contributed by atoms with Crippen LogP contribution < -0.4 is 19.8 Å². The van der Waals surface area contributed by atoms with Crippen LogP contribution in [0.15, 0.2) is 46.1 Å². The molecule has 10 nitrogen and oxygen atoms in total. The summed E-state index contributed by atoms with van der Waals surface area (Å²) in [6, 6.07) is 8.73. The second-order valence-corrected chi connectivity index (χ2v) is 9.32. The number of rotatable bonds is 10. The zero-order chi connectivity index (χ0) is 27.1. The van der Waals surface area contributed by atoms with Crippen LogP contribution in [0, 0.1) is 5.82 Å². The smallest absolute Gasteiger partial charge is 0.245 e. The van der Waals surface area contributed by atoms with Gasteiger partial charge in [-0.1, -0.05) is 29.8 Å². The van der Waals surface area contributed by atoms with E-state index in [1.165, 1.54) is 19.4 Å². The number of halogens is 3. The number of morpholine rings is 1. The van der Waals surface area contributed by atoms with E-state index >= 15 is 0 Å². The number of hydrogen-bond acceptors (Lipinski definition) is 10. The van der Waals surface area contributed by atoms with Crippen LogP contribution in [0.25, 0.3) is 0 Å². The van der Waals surface area contributed by atoms with Gasteiger partial charge in [0, 0.05) is 30.6 Å². The molecule has 0 radical (unpaired) electrons. The van der Waals surface area contributed by atoms with Crippen molar-refractivity contribution in [1.82, 2.24) is 9.97 Å². The SMILES string of the molecule is COc1ccccc1CC(=O)COc1c(Br)cc(/C=N/Nc2ncc(F)c(N3CCOCC3)n2)c(O)c1Cl. The van der Waals surface area contributed by atoms with Crippen molar-refractivity contribution >= 4 is 51.3 Å².